The second kappa shape index (κ2) is 6.27. The second-order valence-corrected chi connectivity index (χ2v) is 8.32. The van der Waals surface area contributed by atoms with E-state index in [1.807, 2.05) is 22.9 Å². The van der Waals surface area contributed by atoms with Gasteiger partial charge in [-0.25, -0.2) is 0 Å². The summed E-state index contributed by atoms with van der Waals surface area (Å²) in [6.07, 6.45) is 5.84. The molecule has 0 aliphatic heterocycles. The van der Waals surface area contributed by atoms with Crippen LogP contribution in [-0.4, -0.2) is 21.7 Å². The summed E-state index contributed by atoms with van der Waals surface area (Å²) in [6.45, 7) is 6.30. The fraction of sp³-hybridized carbons (Fsp3) is 0.556. The lowest BCUT2D eigenvalue weighted by molar-refractivity contribution is 0.0922. The number of hydrogen-bond acceptors (Lipinski definition) is 2. The van der Waals surface area contributed by atoms with Gasteiger partial charge in [0.15, 0.2) is 5.69 Å². The molecule has 2 aromatic rings. The van der Waals surface area contributed by atoms with Gasteiger partial charge in [-0.3, -0.25) is 9.48 Å². The summed E-state index contributed by atoms with van der Waals surface area (Å²) in [4.78, 5) is 12.8. The maximum absolute atomic E-state index is 12.8. The minimum absolute atomic E-state index is 0.0528. The Kier molecular flexibility index (Phi) is 4.50. The molecule has 0 radical (unpaired) electrons. The summed E-state index contributed by atoms with van der Waals surface area (Å²) >= 11 is 3.51. The number of amides is 1. The van der Waals surface area contributed by atoms with Gasteiger partial charge in [-0.15, -0.1) is 0 Å². The van der Waals surface area contributed by atoms with Crippen molar-refractivity contribution in [3.05, 3.63) is 28.4 Å². The number of nitrogens with one attached hydrogen (secondary N) is 1. The third-order valence-electron chi connectivity index (χ3n) is 4.43. The van der Waals surface area contributed by atoms with Crippen molar-refractivity contribution in [2.24, 2.45) is 0 Å². The summed E-state index contributed by atoms with van der Waals surface area (Å²) in [6, 6.07) is 6.29. The highest BCUT2D eigenvalue weighted by molar-refractivity contribution is 9.10. The van der Waals surface area contributed by atoms with Gasteiger partial charge >= 0.3 is 0 Å². The van der Waals surface area contributed by atoms with Crippen LogP contribution in [0.5, 0.6) is 0 Å². The third-order valence-corrected chi connectivity index (χ3v) is 4.93. The van der Waals surface area contributed by atoms with Crippen molar-refractivity contribution >= 4 is 32.7 Å². The van der Waals surface area contributed by atoms with Gasteiger partial charge in [-0.1, -0.05) is 35.2 Å². The van der Waals surface area contributed by atoms with Crippen molar-refractivity contribution in [3.63, 3.8) is 0 Å². The summed E-state index contributed by atoms with van der Waals surface area (Å²) in [7, 11) is 0. The average Bonchev–Trinajstić information content (AvgIpc) is 2.87. The Balaban J connectivity index is 1.99. The normalized spacial score (nSPS) is 16.7. The van der Waals surface area contributed by atoms with Crippen LogP contribution in [0.15, 0.2) is 22.7 Å². The largest absolute Gasteiger partial charge is 0.348 e. The Hall–Kier alpha value is -1.36. The highest BCUT2D eigenvalue weighted by Gasteiger charge is 2.25. The number of benzene rings is 1. The van der Waals surface area contributed by atoms with Crippen LogP contribution in [-0.2, 0) is 5.54 Å². The number of carbonyl (C=O) groups excluding carboxylic acids is 1. The Labute approximate surface area is 145 Å². The monoisotopic (exact) mass is 377 g/mol. The molecule has 5 heteroatoms. The van der Waals surface area contributed by atoms with Crippen molar-refractivity contribution in [2.75, 3.05) is 0 Å². The number of aromatic nitrogens is 2. The zero-order chi connectivity index (χ0) is 16.6. The van der Waals surface area contributed by atoms with E-state index in [1.54, 1.807) is 0 Å². The van der Waals surface area contributed by atoms with Crippen molar-refractivity contribution in [1.29, 1.82) is 0 Å². The van der Waals surface area contributed by atoms with Crippen LogP contribution in [0.1, 0.15) is 63.4 Å². The number of rotatable bonds is 2. The third kappa shape index (κ3) is 3.44. The van der Waals surface area contributed by atoms with E-state index in [2.05, 4.69) is 47.1 Å². The number of nitrogens with zero attached hydrogens (tertiary/aromatic N) is 2. The molecule has 3 rings (SSSR count). The molecule has 124 valence electrons. The topological polar surface area (TPSA) is 46.9 Å². The minimum atomic E-state index is -0.171. The van der Waals surface area contributed by atoms with Crippen LogP contribution in [0.25, 0.3) is 10.9 Å². The van der Waals surface area contributed by atoms with E-state index in [9.17, 15) is 4.79 Å². The quantitative estimate of drug-likeness (QED) is 0.829. The van der Waals surface area contributed by atoms with E-state index >= 15 is 0 Å². The SMILES string of the molecule is CC(C)(C)n1nc(C(=O)NC2CCCCC2)c2cc(Br)ccc21. The molecule has 0 saturated heterocycles. The Bertz CT molecular complexity index is 724. The smallest absolute Gasteiger partial charge is 0.272 e. The van der Waals surface area contributed by atoms with Gasteiger partial charge in [0.25, 0.3) is 5.91 Å². The molecule has 0 atom stereocenters. The molecule has 23 heavy (non-hydrogen) atoms. The average molecular weight is 378 g/mol. The molecule has 1 amide bonds. The molecule has 0 unspecified atom stereocenters. The van der Waals surface area contributed by atoms with Gasteiger partial charge in [-0.05, 0) is 51.8 Å². The maximum Gasteiger partial charge on any atom is 0.272 e. The molecule has 1 fully saturated rings. The predicted octanol–water partition coefficient (Wildman–Crippen LogP) is 4.62. The molecular weight excluding hydrogens is 354 g/mol. The van der Waals surface area contributed by atoms with Gasteiger partial charge in [0, 0.05) is 15.9 Å². The Morgan fingerprint density at radius 2 is 1.96 bits per heavy atom. The summed E-state index contributed by atoms with van der Waals surface area (Å²) in [5.74, 6) is -0.0528. The minimum Gasteiger partial charge on any atom is -0.348 e. The van der Waals surface area contributed by atoms with Gasteiger partial charge in [0.05, 0.1) is 11.1 Å². The molecule has 1 aliphatic carbocycles. The summed E-state index contributed by atoms with van der Waals surface area (Å²) < 4.78 is 2.91. The van der Waals surface area contributed by atoms with E-state index in [0.29, 0.717) is 11.7 Å². The zero-order valence-corrected chi connectivity index (χ0v) is 15.6. The molecule has 1 N–H and O–H groups in total. The van der Waals surface area contributed by atoms with Crippen molar-refractivity contribution in [3.8, 4) is 0 Å². The molecule has 1 heterocycles. The fourth-order valence-corrected chi connectivity index (χ4v) is 3.63. The van der Waals surface area contributed by atoms with Gasteiger partial charge in [-0.2, -0.15) is 5.10 Å². The van der Waals surface area contributed by atoms with Crippen molar-refractivity contribution in [2.45, 2.75) is 64.5 Å². The Morgan fingerprint density at radius 3 is 2.61 bits per heavy atom. The lowest BCUT2D eigenvalue weighted by atomic mass is 9.95. The zero-order valence-electron chi connectivity index (χ0n) is 14.0. The lowest BCUT2D eigenvalue weighted by Gasteiger charge is -2.22. The number of fused-ring (bicyclic) bond motifs is 1. The van der Waals surface area contributed by atoms with E-state index in [0.717, 1.165) is 28.2 Å². The van der Waals surface area contributed by atoms with Crippen LogP contribution in [0, 0.1) is 0 Å². The lowest BCUT2D eigenvalue weighted by Crippen LogP contribution is -2.36. The first-order valence-electron chi connectivity index (χ1n) is 8.36. The number of halogens is 1. The maximum atomic E-state index is 12.8. The molecule has 1 saturated carbocycles. The fourth-order valence-electron chi connectivity index (χ4n) is 3.27. The highest BCUT2D eigenvalue weighted by Crippen LogP contribution is 2.28. The molecule has 1 aromatic carbocycles. The first-order valence-corrected chi connectivity index (χ1v) is 9.15. The molecule has 1 aliphatic rings. The van der Waals surface area contributed by atoms with Crippen LogP contribution in [0.2, 0.25) is 0 Å². The Morgan fingerprint density at radius 1 is 1.26 bits per heavy atom. The molecular formula is C18H24BrN3O. The summed E-state index contributed by atoms with van der Waals surface area (Å²) in [5.41, 5.74) is 1.35. The van der Waals surface area contributed by atoms with E-state index < -0.39 is 0 Å². The van der Waals surface area contributed by atoms with Gasteiger partial charge < -0.3 is 5.32 Å². The molecule has 0 spiro atoms. The molecule has 4 nitrogen and oxygen atoms in total. The number of hydrogen-bond donors (Lipinski definition) is 1. The highest BCUT2D eigenvalue weighted by atomic mass is 79.9. The van der Waals surface area contributed by atoms with Crippen molar-refractivity contribution < 1.29 is 4.79 Å². The molecule has 1 aromatic heterocycles. The second-order valence-electron chi connectivity index (χ2n) is 7.40. The van der Waals surface area contributed by atoms with Crippen LogP contribution >= 0.6 is 15.9 Å². The van der Waals surface area contributed by atoms with Gasteiger partial charge in [0.2, 0.25) is 0 Å². The standard InChI is InChI=1S/C18H24BrN3O/c1-18(2,3)22-15-10-9-12(19)11-14(15)16(21-22)17(23)20-13-7-5-4-6-8-13/h9-11,13H,4-8H2,1-3H3,(H,20,23). The number of carbonyl (C=O) groups is 1. The van der Waals surface area contributed by atoms with E-state index in [4.69, 9.17) is 0 Å². The van der Waals surface area contributed by atoms with Crippen LogP contribution in [0.4, 0.5) is 0 Å². The molecule has 0 bridgehead atoms. The van der Waals surface area contributed by atoms with E-state index in [-0.39, 0.29) is 11.4 Å². The summed E-state index contributed by atoms with van der Waals surface area (Å²) in [5, 5.41) is 8.74. The van der Waals surface area contributed by atoms with Gasteiger partial charge in [0.1, 0.15) is 0 Å². The van der Waals surface area contributed by atoms with E-state index in [1.165, 1.54) is 19.3 Å². The van der Waals surface area contributed by atoms with Crippen molar-refractivity contribution in [1.82, 2.24) is 15.1 Å². The first kappa shape index (κ1) is 16.5. The predicted molar refractivity (Wildman–Crippen MR) is 96.8 cm³/mol. The van der Waals surface area contributed by atoms with Crippen LogP contribution < -0.4 is 5.32 Å². The first-order chi connectivity index (χ1) is 10.9. The van der Waals surface area contributed by atoms with Crippen LogP contribution in [0.3, 0.4) is 0 Å².